The lowest BCUT2D eigenvalue weighted by atomic mass is 10.3. The molecule has 0 unspecified atom stereocenters. The van der Waals surface area contributed by atoms with Crippen molar-refractivity contribution >= 4 is 34.0 Å². The fourth-order valence-electron chi connectivity index (χ4n) is 1.78. The van der Waals surface area contributed by atoms with Gasteiger partial charge in [0.05, 0.1) is 11.4 Å². The normalized spacial score (nSPS) is 10.6. The van der Waals surface area contributed by atoms with Crippen LogP contribution in [0, 0.1) is 6.92 Å². The minimum absolute atomic E-state index is 0.287. The second-order valence-electron chi connectivity index (χ2n) is 4.37. The number of aryl methyl sites for hydroxylation is 1. The summed E-state index contributed by atoms with van der Waals surface area (Å²) in [6, 6.07) is 8.91. The molecular weight excluding hydrogens is 308 g/mol. The van der Waals surface area contributed by atoms with Gasteiger partial charge in [-0.05, 0) is 31.2 Å². The molecule has 0 radical (unpaired) electrons. The maximum absolute atomic E-state index is 12.1. The SMILES string of the molecule is Cc1csc(NC(=O)c2ccn(-c3cccc(Cl)c3)n2)n1. The van der Waals surface area contributed by atoms with Crippen LogP contribution in [0.25, 0.3) is 5.69 Å². The summed E-state index contributed by atoms with van der Waals surface area (Å²) in [6.07, 6.45) is 1.72. The molecule has 0 fully saturated rings. The first-order valence-electron chi connectivity index (χ1n) is 6.17. The van der Waals surface area contributed by atoms with Crippen molar-refractivity contribution in [2.75, 3.05) is 5.32 Å². The van der Waals surface area contributed by atoms with Crippen LogP contribution in [0.3, 0.4) is 0 Å². The number of halogens is 1. The van der Waals surface area contributed by atoms with Crippen molar-refractivity contribution in [2.45, 2.75) is 6.92 Å². The van der Waals surface area contributed by atoms with Crippen LogP contribution in [0.5, 0.6) is 0 Å². The summed E-state index contributed by atoms with van der Waals surface area (Å²) >= 11 is 7.33. The molecule has 1 amide bonds. The first-order chi connectivity index (χ1) is 10.1. The second kappa shape index (κ2) is 5.67. The molecule has 2 aromatic heterocycles. The highest BCUT2D eigenvalue weighted by Gasteiger charge is 2.12. The highest BCUT2D eigenvalue weighted by atomic mass is 35.5. The molecule has 1 N–H and O–H groups in total. The fourth-order valence-corrected chi connectivity index (χ4v) is 2.65. The van der Waals surface area contributed by atoms with Crippen LogP contribution in [0.15, 0.2) is 41.9 Å². The molecule has 3 rings (SSSR count). The first kappa shape index (κ1) is 13.8. The molecule has 106 valence electrons. The van der Waals surface area contributed by atoms with Crippen LogP contribution in [0.2, 0.25) is 5.02 Å². The lowest BCUT2D eigenvalue weighted by Crippen LogP contribution is -2.13. The minimum Gasteiger partial charge on any atom is -0.296 e. The van der Waals surface area contributed by atoms with Gasteiger partial charge in [-0.1, -0.05) is 17.7 Å². The smallest absolute Gasteiger partial charge is 0.277 e. The maximum Gasteiger partial charge on any atom is 0.277 e. The molecule has 2 heterocycles. The summed E-state index contributed by atoms with van der Waals surface area (Å²) in [6.45, 7) is 1.88. The molecule has 0 saturated heterocycles. The number of thiazole rings is 1. The molecular formula is C14H11ClN4OS. The molecule has 0 aliphatic rings. The Labute approximate surface area is 130 Å². The third-order valence-corrected chi connectivity index (χ3v) is 3.84. The van der Waals surface area contributed by atoms with Gasteiger partial charge in [0.1, 0.15) is 0 Å². The molecule has 0 spiro atoms. The van der Waals surface area contributed by atoms with E-state index in [-0.39, 0.29) is 5.91 Å². The Morgan fingerprint density at radius 3 is 2.95 bits per heavy atom. The van der Waals surface area contributed by atoms with Gasteiger partial charge in [0, 0.05) is 16.6 Å². The second-order valence-corrected chi connectivity index (χ2v) is 5.67. The van der Waals surface area contributed by atoms with E-state index in [0.29, 0.717) is 15.8 Å². The van der Waals surface area contributed by atoms with E-state index in [4.69, 9.17) is 11.6 Å². The van der Waals surface area contributed by atoms with Crippen LogP contribution in [-0.2, 0) is 0 Å². The van der Waals surface area contributed by atoms with Gasteiger partial charge in [-0.25, -0.2) is 9.67 Å². The van der Waals surface area contributed by atoms with Crippen molar-refractivity contribution < 1.29 is 4.79 Å². The van der Waals surface area contributed by atoms with Crippen LogP contribution in [0.4, 0.5) is 5.13 Å². The summed E-state index contributed by atoms with van der Waals surface area (Å²) in [5.74, 6) is -0.287. The van der Waals surface area contributed by atoms with Crippen LogP contribution >= 0.6 is 22.9 Å². The fraction of sp³-hybridized carbons (Fsp3) is 0.0714. The zero-order chi connectivity index (χ0) is 14.8. The van der Waals surface area contributed by atoms with Crippen molar-refractivity contribution in [3.05, 3.63) is 58.3 Å². The zero-order valence-electron chi connectivity index (χ0n) is 11.1. The molecule has 1 aromatic carbocycles. The van der Waals surface area contributed by atoms with Gasteiger partial charge in [-0.15, -0.1) is 11.3 Å². The molecule has 5 nitrogen and oxygen atoms in total. The van der Waals surface area contributed by atoms with Crippen molar-refractivity contribution in [3.63, 3.8) is 0 Å². The van der Waals surface area contributed by atoms with E-state index < -0.39 is 0 Å². The largest absolute Gasteiger partial charge is 0.296 e. The van der Waals surface area contributed by atoms with Crippen LogP contribution in [-0.4, -0.2) is 20.7 Å². The van der Waals surface area contributed by atoms with Gasteiger partial charge in [-0.2, -0.15) is 5.10 Å². The number of anilines is 1. The van der Waals surface area contributed by atoms with Crippen molar-refractivity contribution in [1.29, 1.82) is 0 Å². The van der Waals surface area contributed by atoms with Gasteiger partial charge >= 0.3 is 0 Å². The maximum atomic E-state index is 12.1. The first-order valence-corrected chi connectivity index (χ1v) is 7.43. The van der Waals surface area contributed by atoms with E-state index in [0.717, 1.165) is 11.4 Å². The van der Waals surface area contributed by atoms with E-state index in [1.807, 2.05) is 24.4 Å². The predicted octanol–water partition coefficient (Wildman–Crippen LogP) is 3.54. The van der Waals surface area contributed by atoms with Crippen LogP contribution in [0.1, 0.15) is 16.2 Å². The zero-order valence-corrected chi connectivity index (χ0v) is 12.6. The van der Waals surface area contributed by atoms with E-state index in [9.17, 15) is 4.79 Å². The van der Waals surface area contributed by atoms with Crippen LogP contribution < -0.4 is 5.32 Å². The molecule has 0 aliphatic heterocycles. The van der Waals surface area contributed by atoms with Gasteiger partial charge in [0.15, 0.2) is 10.8 Å². The number of nitrogens with zero attached hydrogens (tertiary/aromatic N) is 3. The Hall–Kier alpha value is -2.18. The average molecular weight is 319 g/mol. The van der Waals surface area contributed by atoms with Gasteiger partial charge in [-0.3, -0.25) is 10.1 Å². The number of carbonyl (C=O) groups is 1. The quantitative estimate of drug-likeness (QED) is 0.803. The topological polar surface area (TPSA) is 59.8 Å². The summed E-state index contributed by atoms with van der Waals surface area (Å²) in [7, 11) is 0. The number of benzene rings is 1. The molecule has 3 aromatic rings. The van der Waals surface area contributed by atoms with Crippen molar-refractivity contribution in [1.82, 2.24) is 14.8 Å². The summed E-state index contributed by atoms with van der Waals surface area (Å²) in [5.41, 5.74) is 1.99. The number of amides is 1. The standard InChI is InChI=1S/C14H11ClN4OS/c1-9-8-21-14(16-9)17-13(20)12-5-6-19(18-12)11-4-2-3-10(15)7-11/h2-8H,1H3,(H,16,17,20). The lowest BCUT2D eigenvalue weighted by Gasteiger charge is -2.01. The molecule has 0 atom stereocenters. The number of nitrogens with one attached hydrogen (secondary N) is 1. The van der Waals surface area contributed by atoms with Crippen molar-refractivity contribution in [2.24, 2.45) is 0 Å². The van der Waals surface area contributed by atoms with Gasteiger partial charge in [0.2, 0.25) is 0 Å². The molecule has 21 heavy (non-hydrogen) atoms. The van der Waals surface area contributed by atoms with E-state index in [1.54, 1.807) is 29.1 Å². The third kappa shape index (κ3) is 3.12. The number of hydrogen-bond donors (Lipinski definition) is 1. The minimum atomic E-state index is -0.287. The number of aromatic nitrogens is 3. The molecule has 0 bridgehead atoms. The summed E-state index contributed by atoms with van der Waals surface area (Å²) in [5, 5.41) is 10.0. The number of hydrogen-bond acceptors (Lipinski definition) is 4. The highest BCUT2D eigenvalue weighted by molar-refractivity contribution is 7.13. The molecule has 7 heteroatoms. The van der Waals surface area contributed by atoms with E-state index in [2.05, 4.69) is 15.4 Å². The summed E-state index contributed by atoms with van der Waals surface area (Å²) < 4.78 is 1.61. The predicted molar refractivity (Wildman–Crippen MR) is 83.4 cm³/mol. The Balaban J connectivity index is 1.80. The third-order valence-electron chi connectivity index (χ3n) is 2.73. The van der Waals surface area contributed by atoms with Gasteiger partial charge in [0.25, 0.3) is 5.91 Å². The monoisotopic (exact) mass is 318 g/mol. The van der Waals surface area contributed by atoms with E-state index >= 15 is 0 Å². The molecule has 0 saturated carbocycles. The Kier molecular flexibility index (Phi) is 3.72. The van der Waals surface area contributed by atoms with Crippen molar-refractivity contribution in [3.8, 4) is 5.69 Å². The Bertz CT molecular complexity index is 796. The number of rotatable bonds is 3. The molecule has 0 aliphatic carbocycles. The van der Waals surface area contributed by atoms with E-state index in [1.165, 1.54) is 11.3 Å². The highest BCUT2D eigenvalue weighted by Crippen LogP contribution is 2.17. The lowest BCUT2D eigenvalue weighted by molar-refractivity contribution is 0.102. The number of carbonyl (C=O) groups excluding carboxylic acids is 1. The summed E-state index contributed by atoms with van der Waals surface area (Å²) in [4.78, 5) is 16.3. The van der Waals surface area contributed by atoms with Gasteiger partial charge < -0.3 is 0 Å². The Morgan fingerprint density at radius 2 is 2.24 bits per heavy atom. The Morgan fingerprint density at radius 1 is 1.38 bits per heavy atom. The average Bonchev–Trinajstić information content (AvgIpc) is 3.08.